The van der Waals surface area contributed by atoms with Crippen molar-refractivity contribution in [3.05, 3.63) is 23.3 Å². The minimum atomic E-state index is -2.28. The molecule has 4 aliphatic heterocycles. The quantitative estimate of drug-likeness (QED) is 0.0287. The van der Waals surface area contributed by atoms with Crippen LogP contribution in [0.1, 0.15) is 114 Å². The highest BCUT2D eigenvalue weighted by molar-refractivity contribution is 5.87. The normalized spacial score (nSPS) is 51.1. The number of hydrogen-bond acceptors (Lipinski definition) is 26. The van der Waals surface area contributed by atoms with Crippen molar-refractivity contribution in [3.8, 4) is 0 Å². The second kappa shape index (κ2) is 24.8. The zero-order valence-electron chi connectivity index (χ0n) is 50.0. The fraction of sp³-hybridized carbons (Fsp3) is 0.864. The third kappa shape index (κ3) is 11.1. The Bertz CT molecular complexity index is 2550. The molecule has 27 heteroatoms. The molecule has 0 spiro atoms. The van der Waals surface area contributed by atoms with Gasteiger partial charge in [0.2, 0.25) is 0 Å². The van der Waals surface area contributed by atoms with Gasteiger partial charge < -0.3 is 119 Å². The minimum Gasteiger partial charge on any atom is -0.479 e. The number of carboxylic acids is 1. The SMILES string of the molecule is CC=C(C)C(=O)OC1C(O)C2(COC(C)=O)C(O)CC3(C)C(=CCC4C5(C)CCC(OC6OC(C(=O)O)C(O)C(OC7OC(O)C(O)CC7OC7OCC(O)C(O)C7O)C6OC6OC(CO)C(O)C(O)C6O)C(C)(C=O)C5CCC43C)C2CC1(C)C. The molecule has 4 saturated heterocycles. The van der Waals surface area contributed by atoms with E-state index in [1.165, 1.54) is 6.92 Å². The summed E-state index contributed by atoms with van der Waals surface area (Å²) in [5, 5.41) is 144. The summed E-state index contributed by atoms with van der Waals surface area (Å²) in [7, 11) is 0. The van der Waals surface area contributed by atoms with Gasteiger partial charge in [0.1, 0.15) is 98.3 Å². The second-order valence-electron chi connectivity index (χ2n) is 27.3. The van der Waals surface area contributed by atoms with Crippen molar-refractivity contribution in [3.63, 3.8) is 0 Å². The molecule has 86 heavy (non-hydrogen) atoms. The fourth-order valence-corrected chi connectivity index (χ4v) is 16.9. The summed E-state index contributed by atoms with van der Waals surface area (Å²) in [5.41, 5.74) is -4.42. The van der Waals surface area contributed by atoms with Crippen LogP contribution in [0.4, 0.5) is 0 Å². The molecule has 0 aromatic rings. The van der Waals surface area contributed by atoms with E-state index in [0.29, 0.717) is 37.7 Å². The Morgan fingerprint density at radius 1 is 0.721 bits per heavy atom. The predicted molar refractivity (Wildman–Crippen MR) is 288 cm³/mol. The van der Waals surface area contributed by atoms with Gasteiger partial charge in [0.05, 0.1) is 36.3 Å². The Balaban J connectivity index is 1.05. The maximum Gasteiger partial charge on any atom is 0.335 e. The van der Waals surface area contributed by atoms with Crippen molar-refractivity contribution >= 4 is 24.2 Å². The van der Waals surface area contributed by atoms with E-state index in [1.54, 1.807) is 26.8 Å². The molecule has 4 saturated carbocycles. The monoisotopic (exact) mass is 1230 g/mol. The van der Waals surface area contributed by atoms with Crippen LogP contribution in [0.15, 0.2) is 23.3 Å². The number of esters is 2. The van der Waals surface area contributed by atoms with Gasteiger partial charge in [-0.05, 0) is 92.8 Å². The molecule has 30 unspecified atom stereocenters. The summed E-state index contributed by atoms with van der Waals surface area (Å²) in [6.07, 6.45) is -32.8. The van der Waals surface area contributed by atoms with Crippen LogP contribution in [0.3, 0.4) is 0 Å². The molecule has 0 aromatic heterocycles. The summed E-state index contributed by atoms with van der Waals surface area (Å²) in [6, 6.07) is 0. The van der Waals surface area contributed by atoms with E-state index in [-0.39, 0.29) is 25.4 Å². The zero-order chi connectivity index (χ0) is 63.3. The lowest BCUT2D eigenvalue weighted by atomic mass is 9.33. The lowest BCUT2D eigenvalue weighted by molar-refractivity contribution is -0.405. The Hall–Kier alpha value is -3.24. The van der Waals surface area contributed by atoms with E-state index in [4.69, 9.17) is 47.4 Å². The number of carboxylic acid groups (broad SMARTS) is 1. The Kier molecular flexibility index (Phi) is 19.3. The highest BCUT2D eigenvalue weighted by atomic mass is 16.8. The van der Waals surface area contributed by atoms with Crippen LogP contribution in [-0.4, -0.2) is 246 Å². The first-order chi connectivity index (χ1) is 40.2. The van der Waals surface area contributed by atoms with Crippen molar-refractivity contribution in [1.29, 1.82) is 0 Å². The maximum atomic E-state index is 14.2. The molecule has 0 amide bonds. The Morgan fingerprint density at radius 2 is 1.40 bits per heavy atom. The summed E-state index contributed by atoms with van der Waals surface area (Å²) in [4.78, 5) is 53.3. The number of hydrogen-bond donors (Lipinski definition) is 13. The number of ether oxygens (including phenoxy) is 10. The van der Waals surface area contributed by atoms with Crippen molar-refractivity contribution in [2.24, 2.45) is 50.2 Å². The molecule has 0 aromatic carbocycles. The van der Waals surface area contributed by atoms with Crippen LogP contribution >= 0.6 is 0 Å². The van der Waals surface area contributed by atoms with Gasteiger partial charge in [-0.15, -0.1) is 0 Å². The molecule has 4 heterocycles. The van der Waals surface area contributed by atoms with Gasteiger partial charge in [-0.2, -0.15) is 0 Å². The van der Waals surface area contributed by atoms with Crippen molar-refractivity contribution in [2.45, 2.75) is 249 Å². The largest absolute Gasteiger partial charge is 0.479 e. The second-order valence-corrected chi connectivity index (χ2v) is 27.3. The fourth-order valence-electron chi connectivity index (χ4n) is 16.9. The lowest BCUT2D eigenvalue weighted by Crippen LogP contribution is -2.72. The van der Waals surface area contributed by atoms with Crippen LogP contribution < -0.4 is 0 Å². The number of carbonyl (C=O) groups is 4. The van der Waals surface area contributed by atoms with Gasteiger partial charge in [0.15, 0.2) is 37.6 Å². The van der Waals surface area contributed by atoms with Crippen molar-refractivity contribution < 1.29 is 133 Å². The third-order valence-corrected chi connectivity index (χ3v) is 22.2. The third-order valence-electron chi connectivity index (χ3n) is 22.2. The van der Waals surface area contributed by atoms with Gasteiger partial charge >= 0.3 is 17.9 Å². The van der Waals surface area contributed by atoms with E-state index in [1.807, 2.05) is 13.8 Å². The summed E-state index contributed by atoms with van der Waals surface area (Å²) in [5.74, 6) is -4.18. The Morgan fingerprint density at radius 3 is 2.03 bits per heavy atom. The van der Waals surface area contributed by atoms with Crippen LogP contribution in [0.25, 0.3) is 0 Å². The summed E-state index contributed by atoms with van der Waals surface area (Å²) < 4.78 is 59.9. The average molecular weight is 1230 g/mol. The summed E-state index contributed by atoms with van der Waals surface area (Å²) in [6.45, 7) is 14.8. The average Bonchev–Trinajstić information content (AvgIpc) is 0.686. The van der Waals surface area contributed by atoms with E-state index < -0.39 is 217 Å². The topological polar surface area (TPSA) is 424 Å². The molecule has 27 nitrogen and oxygen atoms in total. The van der Waals surface area contributed by atoms with Gasteiger partial charge in [-0.1, -0.05) is 59.3 Å². The van der Waals surface area contributed by atoms with Gasteiger partial charge in [-0.25, -0.2) is 9.59 Å². The maximum absolute atomic E-state index is 14.2. The first kappa shape index (κ1) is 67.2. The molecule has 8 fully saturated rings. The van der Waals surface area contributed by atoms with Crippen LogP contribution in [-0.2, 0) is 66.5 Å². The predicted octanol–water partition coefficient (Wildman–Crippen LogP) is -1.66. The molecular weight excluding hydrogens is 1140 g/mol. The molecule has 5 aliphatic carbocycles. The molecule has 0 radical (unpaired) electrons. The van der Waals surface area contributed by atoms with E-state index in [9.17, 15) is 85.6 Å². The highest BCUT2D eigenvalue weighted by Gasteiger charge is 2.74. The van der Waals surface area contributed by atoms with Gasteiger partial charge in [0.25, 0.3) is 0 Å². The molecule has 13 N–H and O–H groups in total. The number of allylic oxidation sites excluding steroid dienone is 3. The number of aliphatic hydroxyl groups excluding tert-OH is 12. The minimum absolute atomic E-state index is 0.112. The number of carbonyl (C=O) groups excluding carboxylic acids is 3. The molecule has 9 aliphatic rings. The van der Waals surface area contributed by atoms with Gasteiger partial charge in [-0.3, -0.25) is 4.79 Å². The number of aliphatic carboxylic acids is 1. The smallest absolute Gasteiger partial charge is 0.335 e. The highest BCUT2D eigenvalue weighted by Crippen LogP contribution is 2.76. The molecule has 488 valence electrons. The van der Waals surface area contributed by atoms with Crippen LogP contribution in [0.5, 0.6) is 0 Å². The van der Waals surface area contributed by atoms with Crippen molar-refractivity contribution in [1.82, 2.24) is 0 Å². The number of fused-ring (bicyclic) bond motifs is 7. The number of aliphatic hydroxyl groups is 12. The first-order valence-corrected chi connectivity index (χ1v) is 29.9. The zero-order valence-corrected chi connectivity index (χ0v) is 50.0. The molecule has 30 atom stereocenters. The number of aldehydes is 1. The lowest BCUT2D eigenvalue weighted by Gasteiger charge is -2.72. The first-order valence-electron chi connectivity index (χ1n) is 29.9. The summed E-state index contributed by atoms with van der Waals surface area (Å²) >= 11 is 0. The molecule has 9 rings (SSSR count). The van der Waals surface area contributed by atoms with E-state index in [0.717, 1.165) is 11.9 Å². The van der Waals surface area contributed by atoms with Crippen LogP contribution in [0, 0.1) is 50.2 Å². The van der Waals surface area contributed by atoms with Gasteiger partial charge in [0, 0.05) is 24.3 Å². The van der Waals surface area contributed by atoms with Crippen LogP contribution in [0.2, 0.25) is 0 Å². The van der Waals surface area contributed by atoms with E-state index >= 15 is 0 Å². The van der Waals surface area contributed by atoms with E-state index in [2.05, 4.69) is 26.8 Å². The Labute approximate surface area is 498 Å². The molecular formula is C59H90O27. The standard InChI is InChI=1S/C59H90O27/c1-10-24(2)48(75)85-46-45(72)59(23-78-25(3)62)27(18-54(46,4)5)26-11-12-33-55(6)15-14-35(56(7,22-61)32(55)13-16-57(33,8)58(26,9)19-34(59)65)81-53-44(84-52-40(70)38(68)37(67)31(20-60)80-52)42(41(71)43(83-53)47(73)74)82-50-30(17-28(63)49(76)86-50)79-51-39(69)36(66)29(64)21-77-51/h10-11,22,27-46,49-53,60,63-72,76H,12-21,23H2,1-9H3,(H,73,74). The molecule has 0 bridgehead atoms. The van der Waals surface area contributed by atoms with Crippen molar-refractivity contribution in [2.75, 3.05) is 19.8 Å². The number of rotatable bonds is 15.